The Labute approximate surface area is 98.9 Å². The van der Waals surface area contributed by atoms with Crippen molar-refractivity contribution >= 4 is 0 Å². The van der Waals surface area contributed by atoms with Crippen molar-refractivity contribution in [2.45, 2.75) is 26.2 Å². The van der Waals surface area contributed by atoms with Crippen LogP contribution in [-0.4, -0.2) is 36.8 Å². The molecule has 0 bridgehead atoms. The fourth-order valence-corrected chi connectivity index (χ4v) is 1.81. The molecule has 1 aromatic rings. The molecule has 1 rings (SSSR count). The van der Waals surface area contributed by atoms with Crippen molar-refractivity contribution in [3.63, 3.8) is 0 Å². The molecule has 0 aromatic heterocycles. The van der Waals surface area contributed by atoms with Crippen molar-refractivity contribution in [1.82, 2.24) is 4.90 Å². The van der Waals surface area contributed by atoms with Crippen LogP contribution in [0.25, 0.3) is 0 Å². The normalized spacial score (nSPS) is 11.0. The number of hydrogen-bond acceptors (Lipinski definition) is 2. The van der Waals surface area contributed by atoms with Crippen molar-refractivity contribution in [1.29, 1.82) is 0 Å². The molecule has 0 aliphatic rings. The molecule has 1 N–H and O–H groups in total. The number of benzene rings is 1. The lowest BCUT2D eigenvalue weighted by Gasteiger charge is -2.16. The zero-order chi connectivity index (χ0) is 11.8. The summed E-state index contributed by atoms with van der Waals surface area (Å²) in [5.74, 6) is 0. The first-order valence-corrected chi connectivity index (χ1v) is 6.08. The Bertz CT molecular complexity index is 299. The lowest BCUT2D eigenvalue weighted by molar-refractivity contribution is 0.264. The predicted octanol–water partition coefficient (Wildman–Crippen LogP) is 2.24. The summed E-state index contributed by atoms with van der Waals surface area (Å²) >= 11 is 0. The maximum absolute atomic E-state index is 8.70. The van der Waals surface area contributed by atoms with E-state index in [4.69, 9.17) is 5.11 Å². The SMILES string of the molecule is Cc1ccccc1CCN(C)CCCCO. The number of unbranched alkanes of at least 4 members (excludes halogenated alkanes) is 1. The molecule has 0 saturated heterocycles. The number of hydrogen-bond donors (Lipinski definition) is 1. The lowest BCUT2D eigenvalue weighted by Crippen LogP contribution is -2.22. The second-order valence-electron chi connectivity index (χ2n) is 4.41. The van der Waals surface area contributed by atoms with Gasteiger partial charge in [0, 0.05) is 13.2 Å². The van der Waals surface area contributed by atoms with Crippen LogP contribution in [0.2, 0.25) is 0 Å². The van der Waals surface area contributed by atoms with Gasteiger partial charge in [0.2, 0.25) is 0 Å². The van der Waals surface area contributed by atoms with E-state index in [0.717, 1.165) is 32.4 Å². The third kappa shape index (κ3) is 4.77. The van der Waals surface area contributed by atoms with Gasteiger partial charge in [0.1, 0.15) is 0 Å². The summed E-state index contributed by atoms with van der Waals surface area (Å²) in [5.41, 5.74) is 2.82. The lowest BCUT2D eigenvalue weighted by atomic mass is 10.1. The van der Waals surface area contributed by atoms with E-state index in [-0.39, 0.29) is 0 Å². The van der Waals surface area contributed by atoms with Gasteiger partial charge in [-0.1, -0.05) is 24.3 Å². The summed E-state index contributed by atoms with van der Waals surface area (Å²) in [5, 5.41) is 8.70. The summed E-state index contributed by atoms with van der Waals surface area (Å²) in [6.45, 7) is 4.65. The first kappa shape index (κ1) is 13.2. The molecule has 0 saturated carbocycles. The van der Waals surface area contributed by atoms with Gasteiger partial charge in [-0.15, -0.1) is 0 Å². The van der Waals surface area contributed by atoms with Crippen LogP contribution < -0.4 is 0 Å². The van der Waals surface area contributed by atoms with Gasteiger partial charge in [-0.2, -0.15) is 0 Å². The van der Waals surface area contributed by atoms with Crippen molar-refractivity contribution in [2.75, 3.05) is 26.7 Å². The summed E-state index contributed by atoms with van der Waals surface area (Å²) in [6.07, 6.45) is 3.11. The van der Waals surface area contributed by atoms with E-state index in [9.17, 15) is 0 Å². The van der Waals surface area contributed by atoms with Crippen LogP contribution in [0, 0.1) is 6.92 Å². The molecule has 0 aliphatic heterocycles. The van der Waals surface area contributed by atoms with Crippen LogP contribution in [0.1, 0.15) is 24.0 Å². The molecule has 2 heteroatoms. The Morgan fingerprint density at radius 3 is 2.56 bits per heavy atom. The zero-order valence-corrected chi connectivity index (χ0v) is 10.4. The van der Waals surface area contributed by atoms with E-state index in [0.29, 0.717) is 6.61 Å². The Morgan fingerprint density at radius 2 is 1.88 bits per heavy atom. The quantitative estimate of drug-likeness (QED) is 0.714. The Hall–Kier alpha value is -0.860. The molecule has 0 amide bonds. The van der Waals surface area contributed by atoms with Gasteiger partial charge < -0.3 is 10.0 Å². The van der Waals surface area contributed by atoms with Gasteiger partial charge in [-0.3, -0.25) is 0 Å². The molecule has 0 aliphatic carbocycles. The zero-order valence-electron chi connectivity index (χ0n) is 10.4. The van der Waals surface area contributed by atoms with Crippen LogP contribution in [0.4, 0.5) is 0 Å². The maximum Gasteiger partial charge on any atom is 0.0431 e. The fraction of sp³-hybridized carbons (Fsp3) is 0.571. The Kier molecular flexibility index (Phi) is 6.12. The van der Waals surface area contributed by atoms with Gasteiger partial charge in [0.05, 0.1) is 0 Å². The van der Waals surface area contributed by atoms with Crippen LogP contribution in [0.5, 0.6) is 0 Å². The van der Waals surface area contributed by atoms with Gasteiger partial charge in [0.15, 0.2) is 0 Å². The highest BCUT2D eigenvalue weighted by Crippen LogP contribution is 2.08. The Morgan fingerprint density at radius 1 is 1.12 bits per heavy atom. The summed E-state index contributed by atoms with van der Waals surface area (Å²) < 4.78 is 0. The smallest absolute Gasteiger partial charge is 0.0431 e. The number of aliphatic hydroxyl groups is 1. The van der Waals surface area contributed by atoms with E-state index in [1.807, 2.05) is 0 Å². The minimum absolute atomic E-state index is 0.311. The molecule has 16 heavy (non-hydrogen) atoms. The molecule has 0 atom stereocenters. The minimum Gasteiger partial charge on any atom is -0.396 e. The summed E-state index contributed by atoms with van der Waals surface area (Å²) in [7, 11) is 2.15. The van der Waals surface area contributed by atoms with Gasteiger partial charge in [-0.05, 0) is 50.9 Å². The molecule has 1 aromatic carbocycles. The maximum atomic E-state index is 8.70. The van der Waals surface area contributed by atoms with Crippen LogP contribution in [0.15, 0.2) is 24.3 Å². The molecule has 0 fully saturated rings. The van der Waals surface area contributed by atoms with Crippen molar-refractivity contribution in [3.05, 3.63) is 35.4 Å². The highest BCUT2D eigenvalue weighted by Gasteiger charge is 2.01. The highest BCUT2D eigenvalue weighted by atomic mass is 16.2. The van der Waals surface area contributed by atoms with Crippen molar-refractivity contribution in [2.24, 2.45) is 0 Å². The minimum atomic E-state index is 0.311. The topological polar surface area (TPSA) is 23.5 Å². The number of rotatable bonds is 7. The first-order valence-electron chi connectivity index (χ1n) is 6.08. The second-order valence-corrected chi connectivity index (χ2v) is 4.41. The summed E-state index contributed by atoms with van der Waals surface area (Å²) in [6, 6.07) is 8.57. The highest BCUT2D eigenvalue weighted by molar-refractivity contribution is 5.25. The third-order valence-corrected chi connectivity index (χ3v) is 2.97. The van der Waals surface area contributed by atoms with E-state index < -0.39 is 0 Å². The Balaban J connectivity index is 2.26. The molecule has 0 spiro atoms. The predicted molar refractivity (Wildman–Crippen MR) is 68.7 cm³/mol. The van der Waals surface area contributed by atoms with E-state index >= 15 is 0 Å². The summed E-state index contributed by atoms with van der Waals surface area (Å²) in [4.78, 5) is 2.34. The van der Waals surface area contributed by atoms with E-state index in [2.05, 4.69) is 43.1 Å². The van der Waals surface area contributed by atoms with Gasteiger partial charge in [0.25, 0.3) is 0 Å². The van der Waals surface area contributed by atoms with Crippen LogP contribution >= 0.6 is 0 Å². The molecular weight excluding hydrogens is 198 g/mol. The third-order valence-electron chi connectivity index (χ3n) is 2.97. The van der Waals surface area contributed by atoms with E-state index in [1.54, 1.807) is 0 Å². The van der Waals surface area contributed by atoms with Crippen LogP contribution in [0.3, 0.4) is 0 Å². The number of likely N-dealkylation sites (N-methyl/N-ethyl adjacent to an activating group) is 1. The molecule has 0 radical (unpaired) electrons. The van der Waals surface area contributed by atoms with Crippen molar-refractivity contribution < 1.29 is 5.11 Å². The molecule has 0 unspecified atom stereocenters. The number of nitrogens with zero attached hydrogens (tertiary/aromatic N) is 1. The average molecular weight is 221 g/mol. The van der Waals surface area contributed by atoms with Gasteiger partial charge >= 0.3 is 0 Å². The largest absolute Gasteiger partial charge is 0.396 e. The average Bonchev–Trinajstić information content (AvgIpc) is 2.28. The standard InChI is InChI=1S/C14H23NO/c1-13-7-3-4-8-14(13)9-11-15(2)10-5-6-12-16/h3-4,7-8,16H,5-6,9-12H2,1-2H3. The number of aryl methyl sites for hydroxylation is 1. The molecule has 0 heterocycles. The number of aliphatic hydroxyl groups excluding tert-OH is 1. The van der Waals surface area contributed by atoms with E-state index in [1.165, 1.54) is 11.1 Å². The van der Waals surface area contributed by atoms with Crippen molar-refractivity contribution in [3.8, 4) is 0 Å². The monoisotopic (exact) mass is 221 g/mol. The molecule has 90 valence electrons. The molecular formula is C14H23NO. The first-order chi connectivity index (χ1) is 7.74. The molecule has 2 nitrogen and oxygen atoms in total. The van der Waals surface area contributed by atoms with Crippen LogP contribution in [-0.2, 0) is 6.42 Å². The second kappa shape index (κ2) is 7.42. The fourth-order valence-electron chi connectivity index (χ4n) is 1.81. The van der Waals surface area contributed by atoms with Gasteiger partial charge in [-0.25, -0.2) is 0 Å².